The van der Waals surface area contributed by atoms with Gasteiger partial charge in [0, 0.05) is 12.8 Å². The second-order valence-electron chi connectivity index (χ2n) is 5.80. The Labute approximate surface area is 118 Å². The maximum absolute atomic E-state index is 12.0. The van der Waals surface area contributed by atoms with Gasteiger partial charge in [-0.1, -0.05) is 0 Å². The van der Waals surface area contributed by atoms with Crippen LogP contribution in [-0.2, 0) is 4.79 Å². The summed E-state index contributed by atoms with van der Waals surface area (Å²) >= 11 is 0. The van der Waals surface area contributed by atoms with E-state index in [1.165, 1.54) is 0 Å². The van der Waals surface area contributed by atoms with Crippen LogP contribution in [-0.4, -0.2) is 31.2 Å². The van der Waals surface area contributed by atoms with Crippen molar-refractivity contribution < 1.29 is 19.4 Å². The highest BCUT2D eigenvalue weighted by Crippen LogP contribution is 2.47. The first-order chi connectivity index (χ1) is 9.62. The molecule has 2 aliphatic carbocycles. The van der Waals surface area contributed by atoms with Crippen molar-refractivity contribution in [2.24, 2.45) is 0 Å². The van der Waals surface area contributed by atoms with E-state index in [1.54, 1.807) is 14.2 Å². The van der Waals surface area contributed by atoms with Gasteiger partial charge < -0.3 is 14.6 Å². The van der Waals surface area contributed by atoms with Gasteiger partial charge in [0.05, 0.1) is 20.3 Å². The van der Waals surface area contributed by atoms with E-state index < -0.39 is 0 Å². The van der Waals surface area contributed by atoms with Gasteiger partial charge in [0.1, 0.15) is 5.78 Å². The van der Waals surface area contributed by atoms with Gasteiger partial charge in [-0.05, 0) is 47.9 Å². The van der Waals surface area contributed by atoms with Crippen LogP contribution in [0, 0.1) is 0 Å². The number of carbonyl (C=O) groups is 1. The predicted octanol–water partition coefficient (Wildman–Crippen LogP) is 2.39. The number of hydrogen-bond donors (Lipinski definition) is 1. The molecule has 0 saturated heterocycles. The first-order valence-electron chi connectivity index (χ1n) is 7.08. The van der Waals surface area contributed by atoms with E-state index in [0.717, 1.165) is 11.1 Å². The fraction of sp³-hybridized carbons (Fsp3) is 0.562. The highest BCUT2D eigenvalue weighted by atomic mass is 16.5. The van der Waals surface area contributed by atoms with Crippen LogP contribution in [0.2, 0.25) is 0 Å². The van der Waals surface area contributed by atoms with E-state index in [2.05, 4.69) is 0 Å². The van der Waals surface area contributed by atoms with Crippen LogP contribution in [0.3, 0.4) is 0 Å². The lowest BCUT2D eigenvalue weighted by Crippen LogP contribution is -2.18. The molecular weight excluding hydrogens is 256 g/mol. The minimum atomic E-state index is -0.331. The van der Waals surface area contributed by atoms with Gasteiger partial charge in [0.25, 0.3) is 0 Å². The molecule has 3 rings (SSSR count). The summed E-state index contributed by atoms with van der Waals surface area (Å²) in [5.41, 5.74) is 2.30. The molecule has 0 radical (unpaired) electrons. The molecule has 0 amide bonds. The van der Waals surface area contributed by atoms with E-state index >= 15 is 0 Å². The van der Waals surface area contributed by atoms with Crippen molar-refractivity contribution in [3.8, 4) is 11.5 Å². The van der Waals surface area contributed by atoms with Crippen LogP contribution in [0.25, 0.3) is 0 Å². The largest absolute Gasteiger partial charge is 0.493 e. The molecule has 108 valence electrons. The zero-order chi connectivity index (χ0) is 14.3. The summed E-state index contributed by atoms with van der Waals surface area (Å²) in [6, 6.07) is 3.98. The quantitative estimate of drug-likeness (QED) is 0.901. The molecule has 0 heterocycles. The molecule has 1 aromatic carbocycles. The van der Waals surface area contributed by atoms with Crippen LogP contribution in [0.4, 0.5) is 0 Å². The number of methoxy groups -OCH3 is 2. The minimum absolute atomic E-state index is 0.0970. The molecular formula is C16H20O4. The highest BCUT2D eigenvalue weighted by molar-refractivity contribution is 5.81. The van der Waals surface area contributed by atoms with Gasteiger partial charge in [-0.25, -0.2) is 0 Å². The van der Waals surface area contributed by atoms with Crippen LogP contribution in [0.15, 0.2) is 12.1 Å². The Kier molecular flexibility index (Phi) is 3.42. The fourth-order valence-corrected chi connectivity index (χ4v) is 3.64. The molecule has 2 atom stereocenters. The molecule has 0 spiro atoms. The number of aliphatic hydroxyl groups excluding tert-OH is 1. The van der Waals surface area contributed by atoms with Crippen molar-refractivity contribution in [2.45, 2.75) is 43.6 Å². The zero-order valence-electron chi connectivity index (χ0n) is 11.9. The van der Waals surface area contributed by atoms with Crippen molar-refractivity contribution in [3.63, 3.8) is 0 Å². The van der Waals surface area contributed by atoms with Gasteiger partial charge >= 0.3 is 0 Å². The molecule has 0 aliphatic heterocycles. The Bertz CT molecular complexity index is 493. The van der Waals surface area contributed by atoms with Gasteiger partial charge in [-0.15, -0.1) is 0 Å². The van der Waals surface area contributed by atoms with Crippen molar-refractivity contribution in [1.29, 1.82) is 0 Å². The molecule has 2 unspecified atom stereocenters. The van der Waals surface area contributed by atoms with E-state index in [9.17, 15) is 9.90 Å². The number of carbonyl (C=O) groups excluding carboxylic acids is 1. The summed E-state index contributed by atoms with van der Waals surface area (Å²) < 4.78 is 10.7. The van der Waals surface area contributed by atoms with E-state index in [-0.39, 0.29) is 17.9 Å². The van der Waals surface area contributed by atoms with Gasteiger partial charge in [-0.3, -0.25) is 4.79 Å². The van der Waals surface area contributed by atoms with Gasteiger partial charge in [-0.2, -0.15) is 0 Å². The third-order valence-electron chi connectivity index (χ3n) is 4.53. The standard InChI is InChI=1S/C16H20O4/c1-19-15-7-13-9-3-11(17)5-10(6-12(18)4-9)14(13)8-16(15)20-2/h7-11,17H,3-6H2,1-2H3. The van der Waals surface area contributed by atoms with Crippen LogP contribution in [0.5, 0.6) is 11.5 Å². The van der Waals surface area contributed by atoms with Gasteiger partial charge in [0.15, 0.2) is 11.5 Å². The predicted molar refractivity (Wildman–Crippen MR) is 74.5 cm³/mol. The maximum Gasteiger partial charge on any atom is 0.161 e. The normalized spacial score (nSPS) is 28.6. The summed E-state index contributed by atoms with van der Waals surface area (Å²) in [6.07, 6.45) is 2.03. The molecule has 0 aromatic heterocycles. The minimum Gasteiger partial charge on any atom is -0.493 e. The molecule has 2 bridgehead atoms. The second kappa shape index (κ2) is 5.09. The summed E-state index contributed by atoms with van der Waals surface area (Å²) in [7, 11) is 3.24. The van der Waals surface area contributed by atoms with E-state index in [0.29, 0.717) is 43.0 Å². The number of hydrogen-bond acceptors (Lipinski definition) is 4. The molecule has 4 nitrogen and oxygen atoms in total. The first kappa shape index (κ1) is 13.4. The topological polar surface area (TPSA) is 55.8 Å². The Balaban J connectivity index is 2.16. The Hall–Kier alpha value is -1.55. The lowest BCUT2D eigenvalue weighted by molar-refractivity contribution is -0.120. The van der Waals surface area contributed by atoms with E-state index in [4.69, 9.17) is 9.47 Å². The number of benzene rings is 1. The van der Waals surface area contributed by atoms with Crippen LogP contribution < -0.4 is 9.47 Å². The Morgan fingerprint density at radius 2 is 1.45 bits per heavy atom. The maximum atomic E-state index is 12.0. The van der Waals surface area contributed by atoms with Crippen molar-refractivity contribution in [2.75, 3.05) is 14.2 Å². The van der Waals surface area contributed by atoms with Crippen LogP contribution >= 0.6 is 0 Å². The number of ether oxygens (including phenoxy) is 2. The SMILES string of the molecule is COc1cc2c(cc1OC)C1CC(=O)CC2CC(O)C1. The fourth-order valence-electron chi connectivity index (χ4n) is 3.64. The van der Waals surface area contributed by atoms with Crippen molar-refractivity contribution >= 4 is 5.78 Å². The first-order valence-corrected chi connectivity index (χ1v) is 7.08. The average Bonchev–Trinajstić information content (AvgIpc) is 2.61. The average molecular weight is 276 g/mol. The number of Topliss-reactive ketones (excluding diaryl/α,β-unsaturated/α-hetero) is 1. The summed E-state index contributed by atoms with van der Waals surface area (Å²) in [5.74, 6) is 1.88. The lowest BCUT2D eigenvalue weighted by Gasteiger charge is -2.19. The van der Waals surface area contributed by atoms with Crippen molar-refractivity contribution in [3.05, 3.63) is 23.3 Å². The summed E-state index contributed by atoms with van der Waals surface area (Å²) in [6.45, 7) is 0. The smallest absolute Gasteiger partial charge is 0.161 e. The van der Waals surface area contributed by atoms with Gasteiger partial charge in [0.2, 0.25) is 0 Å². The molecule has 0 fully saturated rings. The van der Waals surface area contributed by atoms with E-state index in [1.807, 2.05) is 12.1 Å². The van der Waals surface area contributed by atoms with Crippen LogP contribution in [0.1, 0.15) is 48.6 Å². The molecule has 1 aromatic rings. The summed E-state index contributed by atoms with van der Waals surface area (Å²) in [4.78, 5) is 12.0. The third-order valence-corrected chi connectivity index (χ3v) is 4.53. The highest BCUT2D eigenvalue weighted by Gasteiger charge is 2.36. The Morgan fingerprint density at radius 1 is 1.00 bits per heavy atom. The molecule has 20 heavy (non-hydrogen) atoms. The lowest BCUT2D eigenvalue weighted by atomic mass is 9.88. The number of rotatable bonds is 2. The number of aliphatic hydroxyl groups is 1. The zero-order valence-corrected chi connectivity index (χ0v) is 11.9. The summed E-state index contributed by atoms with van der Waals surface area (Å²) in [5, 5.41) is 10.1. The second-order valence-corrected chi connectivity index (χ2v) is 5.80. The molecule has 2 aliphatic rings. The third kappa shape index (κ3) is 2.18. The van der Waals surface area contributed by atoms with Crippen molar-refractivity contribution in [1.82, 2.24) is 0 Å². The molecule has 1 N–H and O–H groups in total. The Morgan fingerprint density at radius 3 is 1.85 bits per heavy atom. The molecule has 4 heteroatoms. The molecule has 0 saturated carbocycles. The number of ketones is 1. The monoisotopic (exact) mass is 276 g/mol.